The van der Waals surface area contributed by atoms with Crippen molar-refractivity contribution in [3.63, 3.8) is 0 Å². The fraction of sp³-hybridized carbons (Fsp3) is 0.154. The van der Waals surface area contributed by atoms with Gasteiger partial charge in [-0.2, -0.15) is 0 Å². The van der Waals surface area contributed by atoms with Gasteiger partial charge in [-0.15, -0.1) is 0 Å². The van der Waals surface area contributed by atoms with Gasteiger partial charge in [0.15, 0.2) is 0 Å². The van der Waals surface area contributed by atoms with Crippen molar-refractivity contribution >= 4 is 59.9 Å². The summed E-state index contributed by atoms with van der Waals surface area (Å²) in [6.45, 7) is 0. The molecule has 29 heavy (non-hydrogen) atoms. The Morgan fingerprint density at radius 3 is 1.86 bits per heavy atom. The summed E-state index contributed by atoms with van der Waals surface area (Å²) >= 11 is 0. The monoisotopic (exact) mass is 377 g/mol. The van der Waals surface area contributed by atoms with Gasteiger partial charge in [0.25, 0.3) is 0 Å². The molecule has 0 aliphatic heterocycles. The quantitative estimate of drug-likeness (QED) is 0.311. The maximum absolute atomic E-state index is 2.35. The molecule has 4 aromatic carbocycles. The lowest BCUT2D eigenvalue weighted by Crippen LogP contribution is -2.12. The number of aryl methyl sites for hydroxylation is 2. The maximum Gasteiger partial charge on any atom is 0.108 e. The van der Waals surface area contributed by atoms with E-state index in [9.17, 15) is 0 Å². The van der Waals surface area contributed by atoms with E-state index in [0.29, 0.717) is 0 Å². The number of anilines is 1. The first kappa shape index (κ1) is 16.5. The number of fused-ring (bicyclic) bond motifs is 7. The van der Waals surface area contributed by atoms with Crippen molar-refractivity contribution in [1.82, 2.24) is 9.13 Å². The predicted molar refractivity (Wildman–Crippen MR) is 126 cm³/mol. The predicted octanol–water partition coefficient (Wildman–Crippen LogP) is 6.20. The van der Waals surface area contributed by atoms with Crippen LogP contribution in [-0.2, 0) is 14.1 Å². The average molecular weight is 377 g/mol. The summed E-state index contributed by atoms with van der Waals surface area (Å²) in [5.41, 5.74) is 2.55. The molecule has 6 rings (SSSR count). The van der Waals surface area contributed by atoms with Gasteiger partial charge in [0.05, 0.1) is 5.52 Å². The van der Waals surface area contributed by atoms with Crippen LogP contribution in [0.2, 0.25) is 0 Å². The van der Waals surface area contributed by atoms with E-state index in [0.717, 1.165) is 0 Å². The molecule has 0 N–H and O–H groups in total. The van der Waals surface area contributed by atoms with Gasteiger partial charge in [-0.3, -0.25) is 0 Å². The van der Waals surface area contributed by atoms with Crippen molar-refractivity contribution in [3.05, 3.63) is 66.9 Å². The van der Waals surface area contributed by atoms with Crippen LogP contribution in [0.25, 0.3) is 54.1 Å². The Labute approximate surface area is 169 Å². The number of benzene rings is 4. The van der Waals surface area contributed by atoms with Gasteiger partial charge in [-0.05, 0) is 68.7 Å². The lowest BCUT2D eigenvalue weighted by molar-refractivity contribution is 0.916. The first-order valence-electron chi connectivity index (χ1n) is 10.0. The zero-order chi connectivity index (χ0) is 19.9. The molecule has 0 aliphatic carbocycles. The largest absolute Gasteiger partial charge is 0.364 e. The van der Waals surface area contributed by atoms with Crippen molar-refractivity contribution in [2.75, 3.05) is 19.0 Å². The van der Waals surface area contributed by atoms with Gasteiger partial charge in [0.2, 0.25) is 0 Å². The van der Waals surface area contributed by atoms with E-state index in [1.807, 2.05) is 0 Å². The molecule has 0 aliphatic rings. The minimum atomic E-state index is 1.22. The molecule has 2 heterocycles. The SMILES string of the molecule is CN(C)c1cc2cc3ccc4c5cc6c(ccn6C)cc5ccc4c3cc2n1C. The second-order valence-corrected chi connectivity index (χ2v) is 8.37. The highest BCUT2D eigenvalue weighted by Crippen LogP contribution is 2.36. The molecule has 3 nitrogen and oxygen atoms in total. The Kier molecular flexibility index (Phi) is 3.15. The summed E-state index contributed by atoms with van der Waals surface area (Å²) in [5.74, 6) is 1.22. The molecule has 0 atom stereocenters. The molecule has 0 fully saturated rings. The number of hydrogen-bond donors (Lipinski definition) is 0. The summed E-state index contributed by atoms with van der Waals surface area (Å²) < 4.78 is 4.48. The van der Waals surface area contributed by atoms with Crippen LogP contribution >= 0.6 is 0 Å². The smallest absolute Gasteiger partial charge is 0.108 e. The molecule has 0 spiro atoms. The van der Waals surface area contributed by atoms with E-state index in [-0.39, 0.29) is 0 Å². The summed E-state index contributed by atoms with van der Waals surface area (Å²) in [5, 5.41) is 10.4. The first-order chi connectivity index (χ1) is 14.0. The average Bonchev–Trinajstić information content (AvgIpc) is 3.24. The Morgan fingerprint density at radius 2 is 1.21 bits per heavy atom. The fourth-order valence-electron chi connectivity index (χ4n) is 4.89. The molecule has 0 unspecified atom stereocenters. The third-order valence-corrected chi connectivity index (χ3v) is 6.43. The molecule has 0 bridgehead atoms. The van der Waals surface area contributed by atoms with Crippen molar-refractivity contribution in [2.45, 2.75) is 0 Å². The zero-order valence-corrected chi connectivity index (χ0v) is 17.2. The van der Waals surface area contributed by atoms with Gasteiger partial charge in [-0.1, -0.05) is 24.3 Å². The van der Waals surface area contributed by atoms with Gasteiger partial charge in [0, 0.05) is 50.7 Å². The van der Waals surface area contributed by atoms with E-state index in [4.69, 9.17) is 0 Å². The molecule has 3 heteroatoms. The molecule has 142 valence electrons. The van der Waals surface area contributed by atoms with Crippen LogP contribution in [0.4, 0.5) is 5.82 Å². The molecule has 2 aromatic heterocycles. The topological polar surface area (TPSA) is 13.1 Å². The van der Waals surface area contributed by atoms with Crippen LogP contribution in [0.5, 0.6) is 0 Å². The summed E-state index contributed by atoms with van der Waals surface area (Å²) in [6.07, 6.45) is 2.13. The van der Waals surface area contributed by atoms with Crippen LogP contribution in [0.3, 0.4) is 0 Å². The van der Waals surface area contributed by atoms with E-state index < -0.39 is 0 Å². The molecular formula is C26H23N3. The molecule has 0 radical (unpaired) electrons. The number of rotatable bonds is 1. The zero-order valence-electron chi connectivity index (χ0n) is 17.2. The lowest BCUT2D eigenvalue weighted by Gasteiger charge is -2.13. The molecular weight excluding hydrogens is 354 g/mol. The highest BCUT2D eigenvalue weighted by Gasteiger charge is 2.12. The Balaban J connectivity index is 1.75. The Morgan fingerprint density at radius 1 is 0.586 bits per heavy atom. The third kappa shape index (κ3) is 2.18. The van der Waals surface area contributed by atoms with Crippen molar-refractivity contribution in [3.8, 4) is 0 Å². The third-order valence-electron chi connectivity index (χ3n) is 6.43. The van der Waals surface area contributed by atoms with E-state index in [2.05, 4.69) is 109 Å². The van der Waals surface area contributed by atoms with Crippen LogP contribution < -0.4 is 4.90 Å². The summed E-state index contributed by atoms with van der Waals surface area (Å²) in [7, 11) is 8.46. The van der Waals surface area contributed by atoms with Crippen LogP contribution in [0.1, 0.15) is 0 Å². The molecule has 0 saturated heterocycles. The maximum atomic E-state index is 2.35. The van der Waals surface area contributed by atoms with Crippen LogP contribution in [-0.4, -0.2) is 23.2 Å². The van der Waals surface area contributed by atoms with Gasteiger partial charge in [-0.25, -0.2) is 0 Å². The molecule has 0 saturated carbocycles. The van der Waals surface area contributed by atoms with Gasteiger partial charge in [0.1, 0.15) is 5.82 Å². The Hall–Kier alpha value is -3.46. The van der Waals surface area contributed by atoms with Gasteiger partial charge >= 0.3 is 0 Å². The number of hydrogen-bond acceptors (Lipinski definition) is 1. The summed E-state index contributed by atoms with van der Waals surface area (Å²) in [6, 6.07) is 22.9. The minimum absolute atomic E-state index is 1.22. The lowest BCUT2D eigenvalue weighted by atomic mass is 9.95. The van der Waals surface area contributed by atoms with E-state index in [1.165, 1.54) is 59.9 Å². The van der Waals surface area contributed by atoms with Crippen molar-refractivity contribution in [2.24, 2.45) is 14.1 Å². The van der Waals surface area contributed by atoms with E-state index >= 15 is 0 Å². The molecule has 6 aromatic rings. The number of nitrogens with zero attached hydrogens (tertiary/aromatic N) is 3. The second-order valence-electron chi connectivity index (χ2n) is 8.37. The highest BCUT2D eigenvalue weighted by molar-refractivity contribution is 6.20. The Bertz CT molecular complexity index is 1600. The van der Waals surface area contributed by atoms with Crippen molar-refractivity contribution < 1.29 is 0 Å². The highest BCUT2D eigenvalue weighted by atomic mass is 15.2. The minimum Gasteiger partial charge on any atom is -0.364 e. The normalized spacial score (nSPS) is 12.1. The van der Waals surface area contributed by atoms with Crippen LogP contribution in [0, 0.1) is 0 Å². The van der Waals surface area contributed by atoms with Crippen molar-refractivity contribution in [1.29, 1.82) is 0 Å². The van der Waals surface area contributed by atoms with E-state index in [1.54, 1.807) is 0 Å². The summed E-state index contributed by atoms with van der Waals surface area (Å²) in [4.78, 5) is 2.17. The second kappa shape index (κ2) is 5.54. The first-order valence-corrected chi connectivity index (χ1v) is 10.0. The number of aromatic nitrogens is 2. The fourth-order valence-corrected chi connectivity index (χ4v) is 4.89. The van der Waals surface area contributed by atoms with Gasteiger partial charge < -0.3 is 14.0 Å². The standard InChI is InChI=1S/C26H23N3/c1-27(2)26-13-19-12-17-6-8-20-21(23(17)15-25(19)29(26)4)7-5-16-11-18-9-10-28(3)24(18)14-22(16)20/h5-15H,1-4H3. The van der Waals surface area contributed by atoms with Crippen LogP contribution in [0.15, 0.2) is 66.9 Å². The molecule has 0 amide bonds.